The quantitative estimate of drug-likeness (QED) is 0.852. The van der Waals surface area contributed by atoms with Gasteiger partial charge in [-0.15, -0.1) is 0 Å². The molecule has 0 fully saturated rings. The van der Waals surface area contributed by atoms with Crippen molar-refractivity contribution in [2.24, 2.45) is 0 Å². The highest BCUT2D eigenvalue weighted by Crippen LogP contribution is 2.14. The van der Waals surface area contributed by atoms with Crippen LogP contribution in [0.1, 0.15) is 32.8 Å². The molecular weight excluding hydrogens is 214 g/mol. The Labute approximate surface area is 103 Å². The molecule has 17 heavy (non-hydrogen) atoms. The van der Waals surface area contributed by atoms with Crippen molar-refractivity contribution in [2.45, 2.75) is 46.3 Å². The Morgan fingerprint density at radius 2 is 1.88 bits per heavy atom. The standard InChI is InChI=1S/C14H21NO2/c1-5-13(14(16)15-10(2)3)17-12-8-6-11(4)7-9-12/h6-10,13H,5H2,1-4H3,(H,15,16)/t13-/m0/s1. The van der Waals surface area contributed by atoms with Crippen LogP contribution in [-0.2, 0) is 4.79 Å². The van der Waals surface area contributed by atoms with Crippen molar-refractivity contribution in [3.05, 3.63) is 29.8 Å². The molecule has 0 bridgehead atoms. The minimum Gasteiger partial charge on any atom is -0.481 e. The van der Waals surface area contributed by atoms with Crippen LogP contribution < -0.4 is 10.1 Å². The van der Waals surface area contributed by atoms with E-state index in [1.807, 2.05) is 52.0 Å². The zero-order chi connectivity index (χ0) is 12.8. The fourth-order valence-electron chi connectivity index (χ4n) is 1.48. The van der Waals surface area contributed by atoms with Crippen molar-refractivity contribution in [3.63, 3.8) is 0 Å². The smallest absolute Gasteiger partial charge is 0.261 e. The monoisotopic (exact) mass is 235 g/mol. The number of aryl methyl sites for hydroxylation is 1. The molecule has 0 heterocycles. The Morgan fingerprint density at radius 3 is 2.35 bits per heavy atom. The first kappa shape index (κ1) is 13.6. The molecule has 3 nitrogen and oxygen atoms in total. The Morgan fingerprint density at radius 1 is 1.29 bits per heavy atom. The summed E-state index contributed by atoms with van der Waals surface area (Å²) in [6.07, 6.45) is 0.243. The topological polar surface area (TPSA) is 38.3 Å². The zero-order valence-electron chi connectivity index (χ0n) is 11.0. The van der Waals surface area contributed by atoms with Crippen LogP contribution in [0.5, 0.6) is 5.75 Å². The van der Waals surface area contributed by atoms with E-state index in [0.717, 1.165) is 5.75 Å². The highest BCUT2D eigenvalue weighted by Gasteiger charge is 2.18. The second kappa shape index (κ2) is 6.28. The predicted octanol–water partition coefficient (Wildman–Crippen LogP) is 2.68. The minimum absolute atomic E-state index is 0.0527. The molecule has 0 saturated heterocycles. The van der Waals surface area contributed by atoms with Crippen molar-refractivity contribution in [1.82, 2.24) is 5.32 Å². The lowest BCUT2D eigenvalue weighted by Crippen LogP contribution is -2.41. The van der Waals surface area contributed by atoms with Crippen LogP contribution in [-0.4, -0.2) is 18.1 Å². The number of carbonyl (C=O) groups is 1. The molecule has 1 aromatic carbocycles. The summed E-state index contributed by atoms with van der Waals surface area (Å²) in [5, 5.41) is 2.86. The third kappa shape index (κ3) is 4.47. The number of hydrogen-bond donors (Lipinski definition) is 1. The molecule has 1 atom stereocenters. The normalized spacial score (nSPS) is 12.3. The Kier molecular flexibility index (Phi) is 5.01. The molecular formula is C14H21NO2. The van der Waals surface area contributed by atoms with Gasteiger partial charge in [-0.05, 0) is 39.3 Å². The molecule has 0 unspecified atom stereocenters. The molecule has 0 aliphatic carbocycles. The molecule has 1 amide bonds. The molecule has 1 aromatic rings. The van der Waals surface area contributed by atoms with Gasteiger partial charge in [0.05, 0.1) is 0 Å². The number of rotatable bonds is 5. The van der Waals surface area contributed by atoms with Gasteiger partial charge < -0.3 is 10.1 Å². The fraction of sp³-hybridized carbons (Fsp3) is 0.500. The van der Waals surface area contributed by atoms with E-state index in [1.165, 1.54) is 5.56 Å². The Balaban J connectivity index is 2.63. The lowest BCUT2D eigenvalue weighted by atomic mass is 10.2. The van der Waals surface area contributed by atoms with E-state index in [1.54, 1.807) is 0 Å². The molecule has 0 aliphatic rings. The maximum absolute atomic E-state index is 11.8. The van der Waals surface area contributed by atoms with E-state index < -0.39 is 6.10 Å². The predicted molar refractivity (Wildman–Crippen MR) is 69.2 cm³/mol. The molecule has 0 radical (unpaired) electrons. The Hall–Kier alpha value is -1.51. The summed E-state index contributed by atoms with van der Waals surface area (Å²) >= 11 is 0. The molecule has 3 heteroatoms. The third-order valence-electron chi connectivity index (χ3n) is 2.39. The average molecular weight is 235 g/mol. The van der Waals surface area contributed by atoms with Crippen LogP contribution in [0, 0.1) is 6.92 Å². The van der Waals surface area contributed by atoms with Gasteiger partial charge in [-0.1, -0.05) is 24.6 Å². The van der Waals surface area contributed by atoms with Crippen LogP contribution in [0.15, 0.2) is 24.3 Å². The van der Waals surface area contributed by atoms with Crippen LogP contribution >= 0.6 is 0 Å². The highest BCUT2D eigenvalue weighted by molar-refractivity contribution is 5.81. The first-order valence-corrected chi connectivity index (χ1v) is 6.06. The lowest BCUT2D eigenvalue weighted by molar-refractivity contribution is -0.128. The highest BCUT2D eigenvalue weighted by atomic mass is 16.5. The van der Waals surface area contributed by atoms with Gasteiger partial charge in [0.25, 0.3) is 5.91 Å². The van der Waals surface area contributed by atoms with E-state index in [4.69, 9.17) is 4.74 Å². The molecule has 0 aliphatic heterocycles. The summed E-state index contributed by atoms with van der Waals surface area (Å²) in [5.41, 5.74) is 1.18. The maximum Gasteiger partial charge on any atom is 0.261 e. The average Bonchev–Trinajstić information content (AvgIpc) is 2.27. The van der Waals surface area contributed by atoms with Crippen molar-refractivity contribution >= 4 is 5.91 Å². The summed E-state index contributed by atoms with van der Waals surface area (Å²) in [5.74, 6) is 0.685. The SMILES string of the molecule is CC[C@H](Oc1ccc(C)cc1)C(=O)NC(C)C. The number of hydrogen-bond acceptors (Lipinski definition) is 2. The Bertz CT molecular complexity index is 357. The van der Waals surface area contributed by atoms with E-state index >= 15 is 0 Å². The molecule has 0 spiro atoms. The molecule has 0 aromatic heterocycles. The largest absolute Gasteiger partial charge is 0.481 e. The fourth-order valence-corrected chi connectivity index (χ4v) is 1.48. The van der Waals surface area contributed by atoms with Crippen LogP contribution in [0.2, 0.25) is 0 Å². The lowest BCUT2D eigenvalue weighted by Gasteiger charge is -2.18. The summed E-state index contributed by atoms with van der Waals surface area (Å²) < 4.78 is 5.67. The number of amides is 1. The van der Waals surface area contributed by atoms with Gasteiger partial charge in [0.1, 0.15) is 5.75 Å². The number of carbonyl (C=O) groups excluding carboxylic acids is 1. The van der Waals surface area contributed by atoms with Crippen LogP contribution in [0.3, 0.4) is 0 Å². The van der Waals surface area contributed by atoms with Gasteiger partial charge in [-0.25, -0.2) is 0 Å². The van der Waals surface area contributed by atoms with Gasteiger partial charge in [0.2, 0.25) is 0 Å². The van der Waals surface area contributed by atoms with E-state index in [-0.39, 0.29) is 11.9 Å². The molecule has 1 rings (SSSR count). The molecule has 1 N–H and O–H groups in total. The van der Waals surface area contributed by atoms with Crippen molar-refractivity contribution in [3.8, 4) is 5.75 Å². The van der Waals surface area contributed by atoms with Crippen LogP contribution in [0.4, 0.5) is 0 Å². The van der Waals surface area contributed by atoms with E-state index in [2.05, 4.69) is 5.32 Å². The third-order valence-corrected chi connectivity index (χ3v) is 2.39. The van der Waals surface area contributed by atoms with Crippen molar-refractivity contribution in [2.75, 3.05) is 0 Å². The maximum atomic E-state index is 11.8. The van der Waals surface area contributed by atoms with Gasteiger partial charge in [0.15, 0.2) is 6.10 Å². The minimum atomic E-state index is -0.417. The van der Waals surface area contributed by atoms with Gasteiger partial charge >= 0.3 is 0 Å². The second-order valence-corrected chi connectivity index (χ2v) is 4.49. The van der Waals surface area contributed by atoms with E-state index in [9.17, 15) is 4.79 Å². The summed E-state index contributed by atoms with van der Waals surface area (Å²) in [6, 6.07) is 7.87. The van der Waals surface area contributed by atoms with E-state index in [0.29, 0.717) is 6.42 Å². The van der Waals surface area contributed by atoms with Gasteiger partial charge in [0, 0.05) is 6.04 Å². The number of benzene rings is 1. The summed E-state index contributed by atoms with van der Waals surface area (Å²) in [7, 11) is 0. The van der Waals surface area contributed by atoms with Gasteiger partial charge in [-0.3, -0.25) is 4.79 Å². The molecule has 94 valence electrons. The molecule has 0 saturated carbocycles. The summed E-state index contributed by atoms with van der Waals surface area (Å²) in [4.78, 5) is 11.8. The number of nitrogens with one attached hydrogen (secondary N) is 1. The summed E-state index contributed by atoms with van der Waals surface area (Å²) in [6.45, 7) is 7.85. The van der Waals surface area contributed by atoms with Crippen molar-refractivity contribution < 1.29 is 9.53 Å². The number of ether oxygens (including phenoxy) is 1. The first-order valence-electron chi connectivity index (χ1n) is 6.06. The van der Waals surface area contributed by atoms with Crippen molar-refractivity contribution in [1.29, 1.82) is 0 Å². The van der Waals surface area contributed by atoms with Gasteiger partial charge in [-0.2, -0.15) is 0 Å². The van der Waals surface area contributed by atoms with Crippen LogP contribution in [0.25, 0.3) is 0 Å². The second-order valence-electron chi connectivity index (χ2n) is 4.49. The zero-order valence-corrected chi connectivity index (χ0v) is 11.0. The first-order chi connectivity index (χ1) is 8.02.